The van der Waals surface area contributed by atoms with Crippen molar-refractivity contribution < 1.29 is 14.9 Å². The molecule has 1 fully saturated rings. The van der Waals surface area contributed by atoms with Gasteiger partial charge in [-0.25, -0.2) is 0 Å². The quantitative estimate of drug-likeness (QED) is 0.773. The highest BCUT2D eigenvalue weighted by Gasteiger charge is 2.52. The summed E-state index contributed by atoms with van der Waals surface area (Å²) >= 11 is 0. The smallest absolute Gasteiger partial charge is 0.115 e. The first-order valence-electron chi connectivity index (χ1n) is 7.15. The predicted octanol–water partition coefficient (Wildman–Crippen LogP) is 3.19. The summed E-state index contributed by atoms with van der Waals surface area (Å²) in [6, 6.07) is 7.17. The molecule has 3 rings (SSSR count). The fourth-order valence-electron chi connectivity index (χ4n) is 3.53. The van der Waals surface area contributed by atoms with Gasteiger partial charge in [0, 0.05) is 11.3 Å². The largest absolute Gasteiger partial charge is 0.508 e. The zero-order valence-electron chi connectivity index (χ0n) is 12.3. The van der Waals surface area contributed by atoms with Gasteiger partial charge in [-0.3, -0.25) is 0 Å². The fraction of sp³-hybridized carbons (Fsp3) is 0.529. The number of phenolic OH excluding ortho intramolecular Hbond substituents is 1. The van der Waals surface area contributed by atoms with Gasteiger partial charge in [-0.2, -0.15) is 0 Å². The summed E-state index contributed by atoms with van der Waals surface area (Å²) in [5, 5.41) is 20.2. The Hall–Kier alpha value is -1.32. The lowest BCUT2D eigenvalue weighted by Crippen LogP contribution is -2.55. The van der Waals surface area contributed by atoms with Crippen molar-refractivity contribution in [3.05, 3.63) is 41.5 Å². The number of aliphatic hydroxyl groups is 1. The van der Waals surface area contributed by atoms with E-state index in [1.807, 2.05) is 12.1 Å². The van der Waals surface area contributed by atoms with Crippen molar-refractivity contribution in [2.75, 3.05) is 6.61 Å². The number of fused-ring (bicyclic) bond motifs is 2. The second-order valence-electron chi connectivity index (χ2n) is 6.78. The van der Waals surface area contributed by atoms with E-state index in [0.29, 0.717) is 6.61 Å². The Bertz CT molecular complexity index is 544. The van der Waals surface area contributed by atoms with E-state index in [9.17, 15) is 10.2 Å². The van der Waals surface area contributed by atoms with E-state index >= 15 is 0 Å². The third-order valence-electron chi connectivity index (χ3n) is 5.02. The molecule has 2 bridgehead atoms. The minimum Gasteiger partial charge on any atom is -0.508 e. The first-order valence-corrected chi connectivity index (χ1v) is 7.15. The van der Waals surface area contributed by atoms with Crippen molar-refractivity contribution in [1.29, 1.82) is 0 Å². The van der Waals surface area contributed by atoms with Crippen molar-refractivity contribution in [2.24, 2.45) is 11.3 Å². The Balaban J connectivity index is 1.97. The number of phenols is 1. The van der Waals surface area contributed by atoms with Crippen molar-refractivity contribution in [3.8, 4) is 5.75 Å². The second kappa shape index (κ2) is 4.34. The molecule has 0 saturated carbocycles. The first kappa shape index (κ1) is 13.7. The summed E-state index contributed by atoms with van der Waals surface area (Å²) in [5.41, 5.74) is 1.29. The number of benzene rings is 1. The summed E-state index contributed by atoms with van der Waals surface area (Å²) < 4.78 is 6.01. The molecule has 0 amide bonds. The van der Waals surface area contributed by atoms with Crippen LogP contribution in [-0.4, -0.2) is 22.4 Å². The number of hydrogen-bond acceptors (Lipinski definition) is 3. The van der Waals surface area contributed by atoms with Gasteiger partial charge in [0.25, 0.3) is 0 Å². The highest BCUT2D eigenvalue weighted by molar-refractivity contribution is 5.32. The van der Waals surface area contributed by atoms with Gasteiger partial charge in [0.2, 0.25) is 0 Å². The van der Waals surface area contributed by atoms with E-state index in [1.165, 1.54) is 5.57 Å². The standard InChI is InChI=1S/C17H22O3/c1-11-8-16(2,3)17(19)9-14(11)15(20-10-17)12-4-6-13(18)7-5-12/h4-8,14-15,18-19H,9-10H2,1-3H3/t14-,15+,17+/m1/s1. The SMILES string of the molecule is CC1=CC(C)(C)[C@@]2(O)CO[C@@H](c3ccc(O)cc3)[C@@H]1C2. The van der Waals surface area contributed by atoms with Crippen molar-refractivity contribution in [2.45, 2.75) is 38.9 Å². The maximum absolute atomic E-state index is 10.8. The normalized spacial score (nSPS) is 35.5. The van der Waals surface area contributed by atoms with Gasteiger partial charge in [0.05, 0.1) is 18.3 Å². The Labute approximate surface area is 119 Å². The molecular weight excluding hydrogens is 252 g/mol. The zero-order chi connectivity index (χ0) is 14.5. The van der Waals surface area contributed by atoms with E-state index in [-0.39, 0.29) is 23.2 Å². The number of rotatable bonds is 1. The van der Waals surface area contributed by atoms with Gasteiger partial charge in [-0.1, -0.05) is 37.6 Å². The molecule has 2 aliphatic rings. The molecule has 1 aromatic carbocycles. The van der Waals surface area contributed by atoms with Crippen LogP contribution in [0.2, 0.25) is 0 Å². The van der Waals surface area contributed by atoms with E-state index in [0.717, 1.165) is 12.0 Å². The third-order valence-corrected chi connectivity index (χ3v) is 5.02. The number of aromatic hydroxyl groups is 1. The fourth-order valence-corrected chi connectivity index (χ4v) is 3.53. The summed E-state index contributed by atoms with van der Waals surface area (Å²) in [6.07, 6.45) is 2.88. The molecule has 1 saturated heterocycles. The lowest BCUT2D eigenvalue weighted by molar-refractivity contribution is -0.186. The molecule has 0 spiro atoms. The summed E-state index contributed by atoms with van der Waals surface area (Å²) in [7, 11) is 0. The number of ether oxygens (including phenoxy) is 1. The molecule has 2 N–H and O–H groups in total. The monoisotopic (exact) mass is 274 g/mol. The van der Waals surface area contributed by atoms with E-state index < -0.39 is 5.60 Å². The summed E-state index contributed by atoms with van der Waals surface area (Å²) in [6.45, 7) is 6.60. The second-order valence-corrected chi connectivity index (χ2v) is 6.78. The molecule has 1 aliphatic heterocycles. The zero-order valence-corrected chi connectivity index (χ0v) is 12.3. The minimum absolute atomic E-state index is 0.0387. The molecule has 1 aromatic rings. The van der Waals surface area contributed by atoms with Crippen LogP contribution in [0, 0.1) is 11.3 Å². The van der Waals surface area contributed by atoms with E-state index in [1.54, 1.807) is 12.1 Å². The highest BCUT2D eigenvalue weighted by atomic mass is 16.5. The van der Waals surface area contributed by atoms with Crippen molar-refractivity contribution in [1.82, 2.24) is 0 Å². The molecule has 1 heterocycles. The molecule has 3 atom stereocenters. The third kappa shape index (κ3) is 1.97. The lowest BCUT2D eigenvalue weighted by Gasteiger charge is -2.52. The molecule has 1 aliphatic carbocycles. The van der Waals surface area contributed by atoms with Gasteiger partial charge in [-0.15, -0.1) is 0 Å². The lowest BCUT2D eigenvalue weighted by atomic mass is 9.61. The Morgan fingerprint density at radius 2 is 1.85 bits per heavy atom. The minimum atomic E-state index is -0.787. The number of hydrogen-bond donors (Lipinski definition) is 2. The predicted molar refractivity (Wildman–Crippen MR) is 77.4 cm³/mol. The topological polar surface area (TPSA) is 49.7 Å². The van der Waals surface area contributed by atoms with Crippen molar-refractivity contribution >= 4 is 0 Å². The van der Waals surface area contributed by atoms with Crippen LogP contribution >= 0.6 is 0 Å². The van der Waals surface area contributed by atoms with Crippen LogP contribution in [-0.2, 0) is 4.74 Å². The molecule has 3 nitrogen and oxygen atoms in total. The van der Waals surface area contributed by atoms with Crippen molar-refractivity contribution in [3.63, 3.8) is 0 Å². The summed E-state index contributed by atoms with van der Waals surface area (Å²) in [5.74, 6) is 0.462. The van der Waals surface area contributed by atoms with Gasteiger partial charge in [0.1, 0.15) is 5.75 Å². The summed E-state index contributed by atoms with van der Waals surface area (Å²) in [4.78, 5) is 0. The van der Waals surface area contributed by atoms with E-state index in [2.05, 4.69) is 26.8 Å². The maximum atomic E-state index is 10.8. The average Bonchev–Trinajstić information content (AvgIpc) is 2.38. The van der Waals surface area contributed by atoms with Crippen LogP contribution in [0.3, 0.4) is 0 Å². The van der Waals surface area contributed by atoms with Crippen LogP contribution < -0.4 is 0 Å². The van der Waals surface area contributed by atoms with Gasteiger partial charge in [-0.05, 0) is 31.0 Å². The first-order chi connectivity index (χ1) is 9.32. The molecule has 3 heteroatoms. The van der Waals surface area contributed by atoms with Crippen LogP contribution in [0.5, 0.6) is 5.75 Å². The highest BCUT2D eigenvalue weighted by Crippen LogP contribution is 2.52. The van der Waals surface area contributed by atoms with Crippen LogP contribution in [0.1, 0.15) is 38.9 Å². The van der Waals surface area contributed by atoms with Gasteiger partial charge in [0.15, 0.2) is 0 Å². The maximum Gasteiger partial charge on any atom is 0.115 e. The van der Waals surface area contributed by atoms with Crippen LogP contribution in [0.15, 0.2) is 35.9 Å². The van der Waals surface area contributed by atoms with Gasteiger partial charge >= 0.3 is 0 Å². The van der Waals surface area contributed by atoms with E-state index in [4.69, 9.17) is 4.74 Å². The van der Waals surface area contributed by atoms with Crippen LogP contribution in [0.25, 0.3) is 0 Å². The Morgan fingerprint density at radius 1 is 1.20 bits per heavy atom. The Kier molecular flexibility index (Phi) is 2.96. The molecule has 0 aromatic heterocycles. The molecule has 108 valence electrons. The molecule has 0 unspecified atom stereocenters. The Morgan fingerprint density at radius 3 is 2.50 bits per heavy atom. The average molecular weight is 274 g/mol. The molecule has 0 radical (unpaired) electrons. The molecule has 20 heavy (non-hydrogen) atoms. The van der Waals surface area contributed by atoms with Crippen LogP contribution in [0.4, 0.5) is 0 Å². The van der Waals surface area contributed by atoms with Gasteiger partial charge < -0.3 is 14.9 Å². The molecular formula is C17H22O3.